The minimum atomic E-state index is -0.430. The second kappa shape index (κ2) is 8.24. The van der Waals surface area contributed by atoms with Gasteiger partial charge in [0.2, 0.25) is 0 Å². The fraction of sp³-hybridized carbons (Fsp3) is 0.0370. The van der Waals surface area contributed by atoms with E-state index >= 15 is 0 Å². The van der Waals surface area contributed by atoms with Crippen LogP contribution in [0.2, 0.25) is 0 Å². The first-order valence-corrected chi connectivity index (χ1v) is 10.5. The third kappa shape index (κ3) is 3.72. The molecule has 2 heterocycles. The number of aryl methyl sites for hydroxylation is 1. The van der Waals surface area contributed by atoms with Gasteiger partial charge in [0.1, 0.15) is 11.4 Å². The maximum atomic E-state index is 14.2. The van der Waals surface area contributed by atoms with Gasteiger partial charge in [0.15, 0.2) is 0 Å². The number of hydrogen-bond donors (Lipinski definition) is 1. The first-order chi connectivity index (χ1) is 16.0. The molecular formula is C27H20FN3O2. The lowest BCUT2D eigenvalue weighted by Gasteiger charge is -2.27. The molecule has 4 aromatic rings. The summed E-state index contributed by atoms with van der Waals surface area (Å²) < 4.78 is 14.2. The molecule has 33 heavy (non-hydrogen) atoms. The molecule has 1 N–H and O–H groups in total. The second-order valence-electron chi connectivity index (χ2n) is 7.79. The fourth-order valence-corrected chi connectivity index (χ4v) is 3.84. The van der Waals surface area contributed by atoms with Gasteiger partial charge in [-0.1, -0.05) is 48.0 Å². The van der Waals surface area contributed by atoms with E-state index in [1.165, 1.54) is 22.2 Å². The van der Waals surface area contributed by atoms with Crippen molar-refractivity contribution in [1.29, 1.82) is 0 Å². The molecule has 0 saturated carbocycles. The summed E-state index contributed by atoms with van der Waals surface area (Å²) in [5.41, 5.74) is 3.83. The number of anilines is 2. The zero-order valence-corrected chi connectivity index (χ0v) is 17.8. The number of aromatic amines is 1. The van der Waals surface area contributed by atoms with Crippen LogP contribution in [0.1, 0.15) is 11.1 Å². The summed E-state index contributed by atoms with van der Waals surface area (Å²) in [6, 6.07) is 24.6. The Hall–Kier alpha value is -4.45. The van der Waals surface area contributed by atoms with E-state index in [0.717, 1.165) is 5.56 Å². The highest BCUT2D eigenvalue weighted by atomic mass is 19.1. The predicted molar refractivity (Wildman–Crippen MR) is 127 cm³/mol. The molecular weight excluding hydrogens is 417 g/mol. The van der Waals surface area contributed by atoms with Crippen LogP contribution in [0.25, 0.3) is 17.3 Å². The molecule has 5 rings (SSSR count). The van der Waals surface area contributed by atoms with Crippen LogP contribution < -0.4 is 10.0 Å². The van der Waals surface area contributed by atoms with Crippen molar-refractivity contribution in [2.24, 2.45) is 0 Å². The number of halogens is 1. The first-order valence-electron chi connectivity index (χ1n) is 10.5. The molecule has 6 heteroatoms. The van der Waals surface area contributed by atoms with E-state index in [2.05, 4.69) is 4.98 Å². The maximum Gasteiger partial charge on any atom is 0.283 e. The molecule has 1 aromatic heterocycles. The smallest absolute Gasteiger partial charge is 0.283 e. The first kappa shape index (κ1) is 20.5. The van der Waals surface area contributed by atoms with E-state index in [-0.39, 0.29) is 11.4 Å². The van der Waals surface area contributed by atoms with Crippen LogP contribution in [0.4, 0.5) is 15.8 Å². The summed E-state index contributed by atoms with van der Waals surface area (Å²) in [5.74, 6) is -1.21. The van der Waals surface area contributed by atoms with E-state index in [1.54, 1.807) is 42.6 Å². The molecule has 5 nitrogen and oxygen atoms in total. The number of aromatic nitrogens is 1. The number of benzene rings is 3. The molecule has 1 aliphatic rings. The van der Waals surface area contributed by atoms with Crippen LogP contribution in [0.3, 0.4) is 0 Å². The SMILES string of the molecule is Cc1ccc(N2C(=O)/C(=C/c3c[nH]c(-c4ccccc4F)c3)C(=O)N2c2ccccc2)cc1. The summed E-state index contributed by atoms with van der Waals surface area (Å²) >= 11 is 0. The van der Waals surface area contributed by atoms with Gasteiger partial charge in [-0.15, -0.1) is 0 Å². The number of H-pyrrole nitrogens is 1. The van der Waals surface area contributed by atoms with Crippen LogP contribution in [0, 0.1) is 12.7 Å². The van der Waals surface area contributed by atoms with E-state index in [0.29, 0.717) is 28.2 Å². The number of amides is 2. The van der Waals surface area contributed by atoms with Gasteiger partial charge in [-0.3, -0.25) is 9.59 Å². The average molecular weight is 437 g/mol. The van der Waals surface area contributed by atoms with Gasteiger partial charge in [0.05, 0.1) is 11.4 Å². The van der Waals surface area contributed by atoms with Crippen LogP contribution in [-0.2, 0) is 9.59 Å². The van der Waals surface area contributed by atoms with Crippen molar-refractivity contribution in [3.05, 3.63) is 114 Å². The van der Waals surface area contributed by atoms with Crippen molar-refractivity contribution < 1.29 is 14.0 Å². The Morgan fingerprint density at radius 1 is 0.788 bits per heavy atom. The van der Waals surface area contributed by atoms with E-state index < -0.39 is 11.8 Å². The zero-order chi connectivity index (χ0) is 22.9. The van der Waals surface area contributed by atoms with Gasteiger partial charge in [0.25, 0.3) is 11.8 Å². The minimum absolute atomic E-state index is 0.0264. The highest BCUT2D eigenvalue weighted by molar-refractivity contribution is 6.38. The molecule has 1 fully saturated rings. The topological polar surface area (TPSA) is 56.4 Å². The summed E-state index contributed by atoms with van der Waals surface area (Å²) in [5, 5.41) is 2.76. The van der Waals surface area contributed by atoms with Crippen molar-refractivity contribution in [1.82, 2.24) is 4.98 Å². The maximum absolute atomic E-state index is 14.2. The van der Waals surface area contributed by atoms with Gasteiger partial charge < -0.3 is 4.98 Å². The number of nitrogens with one attached hydrogen (secondary N) is 1. The Kier molecular flexibility index (Phi) is 5.11. The van der Waals surface area contributed by atoms with Crippen molar-refractivity contribution in [3.8, 4) is 11.3 Å². The number of hydrogen-bond acceptors (Lipinski definition) is 2. The standard InChI is InChI=1S/C27H20FN3O2/c1-18-11-13-21(14-12-18)31-27(33)23(26(32)30(31)20-7-3-2-4-8-20)15-19-16-25(29-17-19)22-9-5-6-10-24(22)28/h2-17,29H,1H3/b23-15+. The van der Waals surface area contributed by atoms with Gasteiger partial charge >= 0.3 is 0 Å². The molecule has 0 spiro atoms. The Bertz CT molecular complexity index is 1370. The van der Waals surface area contributed by atoms with Crippen LogP contribution in [0.5, 0.6) is 0 Å². The minimum Gasteiger partial charge on any atom is -0.361 e. The highest BCUT2D eigenvalue weighted by Gasteiger charge is 2.42. The number of carbonyl (C=O) groups is 2. The van der Waals surface area contributed by atoms with Crippen LogP contribution in [-0.4, -0.2) is 16.8 Å². The average Bonchev–Trinajstić information content (AvgIpc) is 3.39. The molecule has 2 amide bonds. The third-order valence-electron chi connectivity index (χ3n) is 5.51. The van der Waals surface area contributed by atoms with Crippen molar-refractivity contribution in [2.45, 2.75) is 6.92 Å². The van der Waals surface area contributed by atoms with E-state index in [9.17, 15) is 14.0 Å². The van der Waals surface area contributed by atoms with Gasteiger partial charge in [0, 0.05) is 17.5 Å². The molecule has 0 bridgehead atoms. The third-order valence-corrected chi connectivity index (χ3v) is 5.51. The monoisotopic (exact) mass is 437 g/mol. The molecule has 0 aliphatic carbocycles. The Labute approximate surface area is 190 Å². The quantitative estimate of drug-likeness (QED) is 0.338. The lowest BCUT2D eigenvalue weighted by molar-refractivity contribution is -0.116. The summed E-state index contributed by atoms with van der Waals surface area (Å²) in [6.45, 7) is 1.96. The Balaban J connectivity index is 1.56. The lowest BCUT2D eigenvalue weighted by atomic mass is 10.1. The Morgan fingerprint density at radius 3 is 2.06 bits per heavy atom. The molecule has 162 valence electrons. The summed E-state index contributed by atoms with van der Waals surface area (Å²) in [6.07, 6.45) is 3.19. The largest absolute Gasteiger partial charge is 0.361 e. The van der Waals surface area contributed by atoms with Crippen molar-refractivity contribution in [3.63, 3.8) is 0 Å². The molecule has 0 atom stereocenters. The van der Waals surface area contributed by atoms with E-state index in [1.807, 2.05) is 49.4 Å². The lowest BCUT2D eigenvalue weighted by Crippen LogP contribution is -2.41. The van der Waals surface area contributed by atoms with Crippen LogP contribution >= 0.6 is 0 Å². The number of rotatable bonds is 4. The van der Waals surface area contributed by atoms with Gasteiger partial charge in [-0.2, -0.15) is 0 Å². The van der Waals surface area contributed by atoms with E-state index in [4.69, 9.17) is 0 Å². The van der Waals surface area contributed by atoms with Gasteiger partial charge in [-0.05, 0) is 61.0 Å². The molecule has 1 saturated heterocycles. The highest BCUT2D eigenvalue weighted by Crippen LogP contribution is 2.33. The van der Waals surface area contributed by atoms with Crippen molar-refractivity contribution >= 4 is 29.3 Å². The van der Waals surface area contributed by atoms with Crippen LogP contribution in [0.15, 0.2) is 96.7 Å². The van der Waals surface area contributed by atoms with Crippen molar-refractivity contribution in [2.75, 3.05) is 10.0 Å². The molecule has 0 unspecified atom stereocenters. The number of para-hydroxylation sites is 1. The summed E-state index contributed by atoms with van der Waals surface area (Å²) in [7, 11) is 0. The fourth-order valence-electron chi connectivity index (χ4n) is 3.84. The number of nitrogens with zero attached hydrogens (tertiary/aromatic N) is 2. The molecule has 3 aromatic carbocycles. The predicted octanol–water partition coefficient (Wildman–Crippen LogP) is 5.51. The zero-order valence-electron chi connectivity index (χ0n) is 17.8. The normalized spacial score (nSPS) is 15.0. The number of carbonyl (C=O) groups excluding carboxylic acids is 2. The van der Waals surface area contributed by atoms with Gasteiger partial charge in [-0.25, -0.2) is 14.4 Å². The summed E-state index contributed by atoms with van der Waals surface area (Å²) in [4.78, 5) is 29.9. The Morgan fingerprint density at radius 2 is 1.39 bits per heavy atom. The second-order valence-corrected chi connectivity index (χ2v) is 7.79. The molecule has 0 radical (unpaired) electrons. The molecule has 1 aliphatic heterocycles. The number of hydrazine groups is 1.